The first-order valence-corrected chi connectivity index (χ1v) is 5.57. The van der Waals surface area contributed by atoms with E-state index >= 15 is 0 Å². The highest BCUT2D eigenvalue weighted by molar-refractivity contribution is 7.10. The van der Waals surface area contributed by atoms with Crippen LogP contribution in [0.1, 0.15) is 30.2 Å². The summed E-state index contributed by atoms with van der Waals surface area (Å²) in [6, 6.07) is 3.49. The molecule has 0 radical (unpaired) electrons. The molecule has 0 spiro atoms. The fourth-order valence-corrected chi connectivity index (χ4v) is 2.80. The van der Waals surface area contributed by atoms with Crippen LogP contribution in [-0.4, -0.2) is 11.1 Å². The van der Waals surface area contributed by atoms with E-state index < -0.39 is 11.4 Å². The summed E-state index contributed by atoms with van der Waals surface area (Å²) in [6.45, 7) is 0. The number of rotatable bonds is 3. The van der Waals surface area contributed by atoms with Crippen molar-refractivity contribution in [3.8, 4) is 0 Å². The molecule has 14 heavy (non-hydrogen) atoms. The summed E-state index contributed by atoms with van der Waals surface area (Å²) >= 11 is 1.54. The topological polar surface area (TPSA) is 63.3 Å². The monoisotopic (exact) mass is 211 g/mol. The van der Waals surface area contributed by atoms with Gasteiger partial charge in [-0.25, -0.2) is 0 Å². The summed E-state index contributed by atoms with van der Waals surface area (Å²) in [5, 5.41) is 11.1. The minimum Gasteiger partial charge on any atom is -0.481 e. The standard InChI is InChI=1S/C10H13NO2S/c11-8(7-3-1-6-14-7)10(9(12)13)4-2-5-10/h1,3,6,8H,2,4-5,11H2,(H,12,13). The second kappa shape index (κ2) is 3.37. The van der Waals surface area contributed by atoms with E-state index in [2.05, 4.69) is 0 Å². The molecule has 3 N–H and O–H groups in total. The molecule has 2 rings (SSSR count). The summed E-state index contributed by atoms with van der Waals surface area (Å²) in [5.41, 5.74) is 5.32. The van der Waals surface area contributed by atoms with Crippen LogP contribution in [0.2, 0.25) is 0 Å². The second-order valence-electron chi connectivity index (χ2n) is 3.81. The van der Waals surface area contributed by atoms with E-state index in [1.165, 1.54) is 11.3 Å². The van der Waals surface area contributed by atoms with Gasteiger partial charge in [0.1, 0.15) is 0 Å². The summed E-state index contributed by atoms with van der Waals surface area (Å²) in [5.74, 6) is -0.746. The van der Waals surface area contributed by atoms with Gasteiger partial charge in [0.15, 0.2) is 0 Å². The van der Waals surface area contributed by atoms with E-state index in [9.17, 15) is 9.90 Å². The third-order valence-electron chi connectivity index (χ3n) is 3.12. The van der Waals surface area contributed by atoms with Crippen LogP contribution in [0.15, 0.2) is 17.5 Å². The molecule has 4 heteroatoms. The molecule has 1 fully saturated rings. The Bertz CT molecular complexity index is 330. The third kappa shape index (κ3) is 1.26. The van der Waals surface area contributed by atoms with Crippen LogP contribution < -0.4 is 5.73 Å². The molecule has 0 aromatic carbocycles. The van der Waals surface area contributed by atoms with Crippen molar-refractivity contribution in [2.75, 3.05) is 0 Å². The summed E-state index contributed by atoms with van der Waals surface area (Å²) in [6.07, 6.45) is 2.40. The Kier molecular flexibility index (Phi) is 2.33. The van der Waals surface area contributed by atoms with Crippen LogP contribution in [0, 0.1) is 5.41 Å². The van der Waals surface area contributed by atoms with Crippen LogP contribution in [0.5, 0.6) is 0 Å². The van der Waals surface area contributed by atoms with Crippen LogP contribution in [0.4, 0.5) is 0 Å². The van der Waals surface area contributed by atoms with Gasteiger partial charge >= 0.3 is 5.97 Å². The lowest BCUT2D eigenvalue weighted by Gasteiger charge is -2.41. The Balaban J connectivity index is 2.25. The smallest absolute Gasteiger partial charge is 0.311 e. The molecule has 1 aliphatic carbocycles. The largest absolute Gasteiger partial charge is 0.481 e. The third-order valence-corrected chi connectivity index (χ3v) is 4.07. The van der Waals surface area contributed by atoms with Gasteiger partial charge < -0.3 is 10.8 Å². The van der Waals surface area contributed by atoms with Crippen LogP contribution in [-0.2, 0) is 4.79 Å². The van der Waals surface area contributed by atoms with E-state index in [4.69, 9.17) is 5.73 Å². The maximum atomic E-state index is 11.2. The molecule has 0 bridgehead atoms. The highest BCUT2D eigenvalue weighted by Crippen LogP contribution is 2.50. The lowest BCUT2D eigenvalue weighted by atomic mass is 9.64. The van der Waals surface area contributed by atoms with Crippen LogP contribution in [0.25, 0.3) is 0 Å². The summed E-state index contributed by atoms with van der Waals surface area (Å²) < 4.78 is 0. The van der Waals surface area contributed by atoms with E-state index in [0.29, 0.717) is 12.8 Å². The minimum absolute atomic E-state index is 0.339. The Hall–Kier alpha value is -0.870. The van der Waals surface area contributed by atoms with Gasteiger partial charge in [0.05, 0.1) is 11.5 Å². The van der Waals surface area contributed by atoms with Gasteiger partial charge in [0, 0.05) is 4.88 Å². The first-order chi connectivity index (χ1) is 6.67. The lowest BCUT2D eigenvalue weighted by molar-refractivity contribution is -0.156. The Morgan fingerprint density at radius 2 is 2.36 bits per heavy atom. The molecule has 0 aliphatic heterocycles. The minimum atomic E-state index is -0.746. The van der Waals surface area contributed by atoms with Crippen molar-refractivity contribution in [2.45, 2.75) is 25.3 Å². The van der Waals surface area contributed by atoms with Gasteiger partial charge in [-0.15, -0.1) is 11.3 Å². The molecule has 1 aromatic heterocycles. The number of hydrogen-bond acceptors (Lipinski definition) is 3. The molecule has 1 saturated carbocycles. The van der Waals surface area contributed by atoms with E-state index in [1.54, 1.807) is 0 Å². The van der Waals surface area contributed by atoms with E-state index in [-0.39, 0.29) is 6.04 Å². The van der Waals surface area contributed by atoms with Crippen LogP contribution in [0.3, 0.4) is 0 Å². The highest BCUT2D eigenvalue weighted by Gasteiger charge is 2.50. The van der Waals surface area contributed by atoms with Gasteiger partial charge in [0.2, 0.25) is 0 Å². The first kappa shape index (κ1) is 9.68. The number of carboxylic acids is 1. The zero-order chi connectivity index (χ0) is 10.2. The van der Waals surface area contributed by atoms with Crippen molar-refractivity contribution in [2.24, 2.45) is 11.1 Å². The maximum absolute atomic E-state index is 11.2. The Morgan fingerprint density at radius 1 is 1.64 bits per heavy atom. The lowest BCUT2D eigenvalue weighted by Crippen LogP contribution is -2.46. The van der Waals surface area contributed by atoms with Crippen LogP contribution >= 0.6 is 11.3 Å². The quantitative estimate of drug-likeness (QED) is 0.803. The fraction of sp³-hybridized carbons (Fsp3) is 0.500. The SMILES string of the molecule is NC(c1cccs1)C1(C(=O)O)CCC1. The number of thiophene rings is 1. The zero-order valence-corrected chi connectivity index (χ0v) is 8.59. The molecular formula is C10H13NO2S. The van der Waals surface area contributed by atoms with Gasteiger partial charge in [-0.3, -0.25) is 4.79 Å². The van der Waals surface area contributed by atoms with Gasteiger partial charge in [-0.2, -0.15) is 0 Å². The molecule has 1 aromatic rings. The molecule has 0 amide bonds. The molecule has 76 valence electrons. The second-order valence-corrected chi connectivity index (χ2v) is 4.79. The van der Waals surface area contributed by atoms with Crippen molar-refractivity contribution in [1.82, 2.24) is 0 Å². The highest BCUT2D eigenvalue weighted by atomic mass is 32.1. The molecule has 3 nitrogen and oxygen atoms in total. The number of aliphatic carboxylic acids is 1. The zero-order valence-electron chi connectivity index (χ0n) is 7.77. The predicted molar refractivity (Wildman–Crippen MR) is 55.2 cm³/mol. The maximum Gasteiger partial charge on any atom is 0.311 e. The predicted octanol–water partition coefficient (Wildman–Crippen LogP) is 2.00. The van der Waals surface area contributed by atoms with Crippen molar-refractivity contribution in [1.29, 1.82) is 0 Å². The average molecular weight is 211 g/mol. The number of nitrogens with two attached hydrogens (primary N) is 1. The van der Waals surface area contributed by atoms with Gasteiger partial charge in [0.25, 0.3) is 0 Å². The molecule has 1 aliphatic rings. The van der Waals surface area contributed by atoms with Crippen molar-refractivity contribution >= 4 is 17.3 Å². The molecular weight excluding hydrogens is 198 g/mol. The number of hydrogen-bond donors (Lipinski definition) is 2. The average Bonchev–Trinajstić information content (AvgIpc) is 2.51. The van der Waals surface area contributed by atoms with Gasteiger partial charge in [-0.05, 0) is 24.3 Å². The normalized spacial score (nSPS) is 21.2. The van der Waals surface area contributed by atoms with E-state index in [0.717, 1.165) is 11.3 Å². The number of carbonyl (C=O) groups is 1. The Labute approximate surface area is 86.6 Å². The van der Waals surface area contributed by atoms with Crippen molar-refractivity contribution < 1.29 is 9.90 Å². The summed E-state index contributed by atoms with van der Waals surface area (Å²) in [7, 11) is 0. The van der Waals surface area contributed by atoms with Crippen molar-refractivity contribution in [3.05, 3.63) is 22.4 Å². The van der Waals surface area contributed by atoms with Crippen molar-refractivity contribution in [3.63, 3.8) is 0 Å². The van der Waals surface area contributed by atoms with Gasteiger partial charge in [-0.1, -0.05) is 12.5 Å². The Morgan fingerprint density at radius 3 is 2.71 bits per heavy atom. The fourth-order valence-electron chi connectivity index (χ4n) is 1.96. The molecule has 1 heterocycles. The van der Waals surface area contributed by atoms with E-state index in [1.807, 2.05) is 17.5 Å². The number of carboxylic acid groups (broad SMARTS) is 1. The summed E-state index contributed by atoms with van der Waals surface area (Å²) in [4.78, 5) is 12.1. The molecule has 0 saturated heterocycles. The molecule has 1 unspecified atom stereocenters. The molecule has 1 atom stereocenters. The first-order valence-electron chi connectivity index (χ1n) is 4.69.